The Hall–Kier alpha value is -1.12. The SMILES string of the molecule is Cc1c(C(F)(F)F)cccc1S(=O)(=O)N1CCCNCC1. The summed E-state index contributed by atoms with van der Waals surface area (Å²) in [4.78, 5) is -0.265. The molecule has 8 heteroatoms. The van der Waals surface area contributed by atoms with E-state index in [9.17, 15) is 21.6 Å². The number of hydrogen-bond donors (Lipinski definition) is 1. The molecule has 0 saturated carbocycles. The highest BCUT2D eigenvalue weighted by molar-refractivity contribution is 7.89. The lowest BCUT2D eigenvalue weighted by Crippen LogP contribution is -2.34. The van der Waals surface area contributed by atoms with Gasteiger partial charge in [0.05, 0.1) is 10.5 Å². The van der Waals surface area contributed by atoms with Gasteiger partial charge in [-0.1, -0.05) is 6.07 Å². The highest BCUT2D eigenvalue weighted by atomic mass is 32.2. The van der Waals surface area contributed by atoms with E-state index >= 15 is 0 Å². The molecule has 0 bridgehead atoms. The van der Waals surface area contributed by atoms with E-state index in [2.05, 4.69) is 5.32 Å². The van der Waals surface area contributed by atoms with Gasteiger partial charge >= 0.3 is 6.18 Å². The summed E-state index contributed by atoms with van der Waals surface area (Å²) in [5.41, 5.74) is -1.15. The number of nitrogens with one attached hydrogen (secondary N) is 1. The Bertz CT molecular complexity index is 606. The second-order valence-electron chi connectivity index (χ2n) is 4.93. The molecule has 118 valence electrons. The normalized spacial score (nSPS) is 18.5. The first-order valence-electron chi connectivity index (χ1n) is 6.62. The van der Waals surface area contributed by atoms with E-state index in [1.165, 1.54) is 17.3 Å². The molecule has 0 unspecified atom stereocenters. The number of sulfonamides is 1. The molecule has 0 spiro atoms. The first-order chi connectivity index (χ1) is 9.74. The van der Waals surface area contributed by atoms with Crippen LogP contribution in [0.3, 0.4) is 0 Å². The maximum absolute atomic E-state index is 12.9. The zero-order valence-electron chi connectivity index (χ0n) is 11.6. The van der Waals surface area contributed by atoms with Crippen molar-refractivity contribution in [3.63, 3.8) is 0 Å². The largest absolute Gasteiger partial charge is 0.416 e. The van der Waals surface area contributed by atoms with Crippen LogP contribution in [-0.4, -0.2) is 38.9 Å². The molecule has 0 aromatic heterocycles. The predicted octanol–water partition coefficient (Wildman–Crippen LogP) is 2.00. The number of hydrogen-bond acceptors (Lipinski definition) is 3. The Labute approximate surface area is 122 Å². The second-order valence-corrected chi connectivity index (χ2v) is 6.84. The number of nitrogens with zero attached hydrogens (tertiary/aromatic N) is 1. The molecule has 1 saturated heterocycles. The monoisotopic (exact) mass is 322 g/mol. The molecule has 1 N–H and O–H groups in total. The fraction of sp³-hybridized carbons (Fsp3) is 0.538. The third-order valence-corrected chi connectivity index (χ3v) is 5.55. The van der Waals surface area contributed by atoms with Crippen LogP contribution in [0.15, 0.2) is 23.1 Å². The maximum atomic E-state index is 12.9. The summed E-state index contributed by atoms with van der Waals surface area (Å²) in [7, 11) is -3.91. The number of rotatable bonds is 2. The van der Waals surface area contributed by atoms with Gasteiger partial charge in [-0.05, 0) is 37.6 Å². The molecule has 2 rings (SSSR count). The Kier molecular flexibility index (Phi) is 4.60. The van der Waals surface area contributed by atoms with Crippen LogP contribution in [0.25, 0.3) is 0 Å². The Morgan fingerprint density at radius 3 is 2.57 bits per heavy atom. The lowest BCUT2D eigenvalue weighted by Gasteiger charge is -2.22. The second kappa shape index (κ2) is 5.94. The molecular formula is C13H17F3N2O2S. The third-order valence-electron chi connectivity index (χ3n) is 3.51. The van der Waals surface area contributed by atoms with Crippen molar-refractivity contribution in [3.8, 4) is 0 Å². The molecule has 0 amide bonds. The van der Waals surface area contributed by atoms with E-state index < -0.39 is 21.8 Å². The zero-order chi connectivity index (χ0) is 15.7. The lowest BCUT2D eigenvalue weighted by atomic mass is 10.1. The molecule has 0 atom stereocenters. The molecule has 21 heavy (non-hydrogen) atoms. The highest BCUT2D eigenvalue weighted by Gasteiger charge is 2.36. The van der Waals surface area contributed by atoms with E-state index in [-0.39, 0.29) is 17.0 Å². The van der Waals surface area contributed by atoms with E-state index in [1.54, 1.807) is 0 Å². The van der Waals surface area contributed by atoms with E-state index in [0.29, 0.717) is 26.1 Å². The predicted molar refractivity (Wildman–Crippen MR) is 72.4 cm³/mol. The Morgan fingerprint density at radius 1 is 1.19 bits per heavy atom. The highest BCUT2D eigenvalue weighted by Crippen LogP contribution is 2.34. The Morgan fingerprint density at radius 2 is 1.90 bits per heavy atom. The van der Waals surface area contributed by atoms with Crippen molar-refractivity contribution in [2.45, 2.75) is 24.4 Å². The molecule has 1 aromatic rings. The molecular weight excluding hydrogens is 305 g/mol. The van der Waals surface area contributed by atoms with Crippen molar-refractivity contribution in [2.24, 2.45) is 0 Å². The van der Waals surface area contributed by atoms with Crippen molar-refractivity contribution in [1.82, 2.24) is 9.62 Å². The number of benzene rings is 1. The molecule has 0 aliphatic carbocycles. The average Bonchev–Trinajstić information content (AvgIpc) is 2.66. The minimum atomic E-state index is -4.56. The van der Waals surface area contributed by atoms with Gasteiger partial charge in [0.2, 0.25) is 10.0 Å². The topological polar surface area (TPSA) is 49.4 Å². The van der Waals surface area contributed by atoms with Gasteiger partial charge in [0, 0.05) is 19.6 Å². The van der Waals surface area contributed by atoms with E-state index in [1.807, 2.05) is 0 Å². The van der Waals surface area contributed by atoms with Crippen molar-refractivity contribution in [3.05, 3.63) is 29.3 Å². The fourth-order valence-electron chi connectivity index (χ4n) is 2.40. The van der Waals surface area contributed by atoms with E-state index in [0.717, 1.165) is 12.1 Å². The van der Waals surface area contributed by atoms with E-state index in [4.69, 9.17) is 0 Å². The zero-order valence-corrected chi connectivity index (χ0v) is 12.4. The summed E-state index contributed by atoms with van der Waals surface area (Å²) in [5.74, 6) is 0. The smallest absolute Gasteiger partial charge is 0.315 e. The molecule has 1 fully saturated rings. The van der Waals surface area contributed by atoms with Gasteiger partial charge in [0.15, 0.2) is 0 Å². The summed E-state index contributed by atoms with van der Waals surface area (Å²) >= 11 is 0. The number of alkyl halides is 3. The van der Waals surface area contributed by atoms with Gasteiger partial charge in [0.25, 0.3) is 0 Å². The average molecular weight is 322 g/mol. The lowest BCUT2D eigenvalue weighted by molar-refractivity contribution is -0.138. The van der Waals surface area contributed by atoms with Crippen molar-refractivity contribution in [1.29, 1.82) is 0 Å². The molecule has 4 nitrogen and oxygen atoms in total. The molecule has 1 aromatic carbocycles. The summed E-state index contributed by atoms with van der Waals surface area (Å²) in [6.07, 6.45) is -3.92. The van der Waals surface area contributed by atoms with Crippen molar-refractivity contribution in [2.75, 3.05) is 26.2 Å². The van der Waals surface area contributed by atoms with Crippen LogP contribution in [0.4, 0.5) is 13.2 Å². The van der Waals surface area contributed by atoms with Gasteiger partial charge in [-0.15, -0.1) is 0 Å². The Balaban J connectivity index is 2.45. The van der Waals surface area contributed by atoms with Crippen LogP contribution in [0.1, 0.15) is 17.5 Å². The van der Waals surface area contributed by atoms with Crippen LogP contribution in [0.5, 0.6) is 0 Å². The number of halogens is 3. The summed E-state index contributed by atoms with van der Waals surface area (Å²) in [5, 5.41) is 3.06. The minimum Gasteiger partial charge on any atom is -0.315 e. The van der Waals surface area contributed by atoms with Crippen molar-refractivity contribution < 1.29 is 21.6 Å². The van der Waals surface area contributed by atoms with Crippen LogP contribution < -0.4 is 5.32 Å². The van der Waals surface area contributed by atoms with Crippen molar-refractivity contribution >= 4 is 10.0 Å². The van der Waals surface area contributed by atoms with Gasteiger partial charge in [-0.2, -0.15) is 17.5 Å². The van der Waals surface area contributed by atoms with Gasteiger partial charge in [-0.25, -0.2) is 8.42 Å². The quantitative estimate of drug-likeness (QED) is 0.906. The standard InChI is InChI=1S/C13H17F3N2O2S/c1-10-11(13(14,15)16)4-2-5-12(10)21(19,20)18-8-3-6-17-7-9-18/h2,4-5,17H,3,6-9H2,1H3. The van der Waals surface area contributed by atoms with Gasteiger partial charge < -0.3 is 5.32 Å². The molecule has 1 aliphatic heterocycles. The molecule has 1 aliphatic rings. The van der Waals surface area contributed by atoms with Crippen LogP contribution in [0, 0.1) is 6.92 Å². The van der Waals surface area contributed by atoms with Gasteiger partial charge in [0.1, 0.15) is 0 Å². The summed E-state index contributed by atoms with van der Waals surface area (Å²) in [6, 6.07) is 3.27. The van der Waals surface area contributed by atoms with Gasteiger partial charge in [-0.3, -0.25) is 0 Å². The molecule has 1 heterocycles. The first-order valence-corrected chi connectivity index (χ1v) is 8.06. The van der Waals surface area contributed by atoms with Crippen LogP contribution >= 0.6 is 0 Å². The fourth-order valence-corrected chi connectivity index (χ4v) is 4.13. The summed E-state index contributed by atoms with van der Waals surface area (Å²) in [6.45, 7) is 2.97. The molecule has 0 radical (unpaired) electrons. The van der Waals surface area contributed by atoms with Crippen LogP contribution in [0.2, 0.25) is 0 Å². The maximum Gasteiger partial charge on any atom is 0.416 e. The first kappa shape index (κ1) is 16.3. The third kappa shape index (κ3) is 3.38. The minimum absolute atomic E-state index is 0.248. The van der Waals surface area contributed by atoms with Crippen LogP contribution in [-0.2, 0) is 16.2 Å². The summed E-state index contributed by atoms with van der Waals surface area (Å²) < 4.78 is 65.1.